The Labute approximate surface area is 85.3 Å². The van der Waals surface area contributed by atoms with Crippen molar-refractivity contribution >= 4 is 5.91 Å². The smallest absolute Gasteiger partial charge is 0.223 e. The number of carbonyl (C=O) groups excluding carboxylic acids is 1. The van der Waals surface area contributed by atoms with Crippen LogP contribution in [0.1, 0.15) is 19.8 Å². The summed E-state index contributed by atoms with van der Waals surface area (Å²) < 4.78 is 0. The molecule has 0 radical (unpaired) electrons. The van der Waals surface area contributed by atoms with Gasteiger partial charge in [0, 0.05) is 26.1 Å². The Balaban J connectivity index is 2.34. The first kappa shape index (κ1) is 11.5. The topological polar surface area (TPSA) is 52.6 Å². The van der Waals surface area contributed by atoms with E-state index in [4.69, 9.17) is 0 Å². The molecule has 1 rings (SSSR count). The first-order valence-electron chi connectivity index (χ1n) is 5.25. The number of aliphatic hydroxyl groups is 1. The summed E-state index contributed by atoms with van der Waals surface area (Å²) in [6, 6.07) is 0. The van der Waals surface area contributed by atoms with Gasteiger partial charge in [0.05, 0.1) is 6.10 Å². The molecule has 4 nitrogen and oxygen atoms in total. The first-order chi connectivity index (χ1) is 6.65. The van der Waals surface area contributed by atoms with Crippen molar-refractivity contribution in [1.29, 1.82) is 0 Å². The maximum Gasteiger partial charge on any atom is 0.223 e. The molecule has 2 N–H and O–H groups in total. The van der Waals surface area contributed by atoms with Crippen molar-refractivity contribution < 1.29 is 9.90 Å². The molecular formula is C10H20N2O2. The third kappa shape index (κ3) is 2.96. The summed E-state index contributed by atoms with van der Waals surface area (Å²) in [6.07, 6.45) is 1.04. The zero-order chi connectivity index (χ0) is 10.6. The highest BCUT2D eigenvalue weighted by Gasteiger charge is 2.26. The minimum absolute atomic E-state index is 0.193. The number of nitrogens with zero attached hydrogens (tertiary/aromatic N) is 1. The van der Waals surface area contributed by atoms with Gasteiger partial charge in [-0.1, -0.05) is 6.92 Å². The summed E-state index contributed by atoms with van der Waals surface area (Å²) in [5, 5.41) is 12.5. The van der Waals surface area contributed by atoms with Gasteiger partial charge in [-0.3, -0.25) is 4.79 Å². The van der Waals surface area contributed by atoms with Crippen LogP contribution in [-0.4, -0.2) is 48.7 Å². The van der Waals surface area contributed by atoms with Crippen molar-refractivity contribution in [2.45, 2.75) is 25.9 Å². The van der Waals surface area contributed by atoms with Crippen LogP contribution in [0.5, 0.6) is 0 Å². The van der Waals surface area contributed by atoms with Gasteiger partial charge >= 0.3 is 0 Å². The van der Waals surface area contributed by atoms with Crippen LogP contribution >= 0.6 is 0 Å². The van der Waals surface area contributed by atoms with Gasteiger partial charge < -0.3 is 15.3 Å². The maximum atomic E-state index is 11.6. The fraction of sp³-hybridized carbons (Fsp3) is 0.900. The van der Waals surface area contributed by atoms with E-state index in [0.29, 0.717) is 25.9 Å². The fourth-order valence-electron chi connectivity index (χ4n) is 1.75. The highest BCUT2D eigenvalue weighted by atomic mass is 16.3. The minimum atomic E-state index is -0.233. The van der Waals surface area contributed by atoms with E-state index in [9.17, 15) is 9.90 Å². The molecule has 0 aromatic rings. The lowest BCUT2D eigenvalue weighted by Crippen LogP contribution is -2.45. The predicted octanol–water partition coefficient (Wildman–Crippen LogP) is -0.175. The predicted molar refractivity (Wildman–Crippen MR) is 54.9 cm³/mol. The van der Waals surface area contributed by atoms with Crippen LogP contribution in [0.3, 0.4) is 0 Å². The molecule has 1 aliphatic rings. The van der Waals surface area contributed by atoms with E-state index < -0.39 is 0 Å². The Kier molecular flexibility index (Phi) is 4.35. The SMILES string of the molecule is CNCCC(=O)N1CCC(O)C(C)C1. The van der Waals surface area contributed by atoms with E-state index in [2.05, 4.69) is 5.32 Å². The number of hydrogen-bond acceptors (Lipinski definition) is 3. The quantitative estimate of drug-likeness (QED) is 0.665. The van der Waals surface area contributed by atoms with Crippen molar-refractivity contribution in [3.8, 4) is 0 Å². The normalized spacial score (nSPS) is 27.8. The molecule has 1 aliphatic heterocycles. The van der Waals surface area contributed by atoms with Crippen molar-refractivity contribution in [3.05, 3.63) is 0 Å². The van der Waals surface area contributed by atoms with Gasteiger partial charge in [-0.15, -0.1) is 0 Å². The van der Waals surface area contributed by atoms with Crippen LogP contribution in [-0.2, 0) is 4.79 Å². The summed E-state index contributed by atoms with van der Waals surface area (Å²) in [4.78, 5) is 13.5. The Morgan fingerprint density at radius 1 is 1.64 bits per heavy atom. The number of carbonyl (C=O) groups is 1. The van der Waals surface area contributed by atoms with E-state index >= 15 is 0 Å². The van der Waals surface area contributed by atoms with Gasteiger partial charge in [0.25, 0.3) is 0 Å². The van der Waals surface area contributed by atoms with Gasteiger partial charge in [-0.05, 0) is 19.4 Å². The molecule has 1 fully saturated rings. The van der Waals surface area contributed by atoms with Gasteiger partial charge in [0.2, 0.25) is 5.91 Å². The van der Waals surface area contributed by atoms with Crippen molar-refractivity contribution in [1.82, 2.24) is 10.2 Å². The molecule has 2 unspecified atom stereocenters. The fourth-order valence-corrected chi connectivity index (χ4v) is 1.75. The molecule has 4 heteroatoms. The van der Waals surface area contributed by atoms with Gasteiger partial charge in [-0.25, -0.2) is 0 Å². The Morgan fingerprint density at radius 3 is 2.93 bits per heavy atom. The van der Waals surface area contributed by atoms with Crippen LogP contribution in [0, 0.1) is 5.92 Å². The number of likely N-dealkylation sites (tertiary alicyclic amines) is 1. The monoisotopic (exact) mass is 200 g/mol. The zero-order valence-corrected chi connectivity index (χ0v) is 8.99. The lowest BCUT2D eigenvalue weighted by Gasteiger charge is -2.34. The molecular weight excluding hydrogens is 180 g/mol. The van der Waals surface area contributed by atoms with E-state index in [0.717, 1.165) is 6.54 Å². The molecule has 0 saturated carbocycles. The zero-order valence-electron chi connectivity index (χ0n) is 8.99. The molecule has 0 aliphatic carbocycles. The van der Waals surface area contributed by atoms with E-state index in [1.807, 2.05) is 18.9 Å². The molecule has 0 aromatic heterocycles. The second-order valence-electron chi connectivity index (χ2n) is 4.03. The maximum absolute atomic E-state index is 11.6. The van der Waals surface area contributed by atoms with Gasteiger partial charge in [-0.2, -0.15) is 0 Å². The summed E-state index contributed by atoms with van der Waals surface area (Å²) in [6.45, 7) is 4.12. The second-order valence-corrected chi connectivity index (χ2v) is 4.03. The average molecular weight is 200 g/mol. The lowest BCUT2D eigenvalue weighted by atomic mass is 9.96. The molecule has 0 spiro atoms. The standard InChI is InChI=1S/C10H20N2O2/c1-8-7-12(6-4-9(8)13)10(14)3-5-11-2/h8-9,11,13H,3-7H2,1-2H3. The summed E-state index contributed by atoms with van der Waals surface area (Å²) in [5.41, 5.74) is 0. The number of nitrogens with one attached hydrogen (secondary N) is 1. The number of piperidine rings is 1. The molecule has 1 amide bonds. The van der Waals surface area contributed by atoms with Gasteiger partial charge in [0.15, 0.2) is 0 Å². The molecule has 14 heavy (non-hydrogen) atoms. The second kappa shape index (κ2) is 5.32. The van der Waals surface area contributed by atoms with E-state index in [1.54, 1.807) is 0 Å². The summed E-state index contributed by atoms with van der Waals surface area (Å²) in [5.74, 6) is 0.403. The Hall–Kier alpha value is -0.610. The highest BCUT2D eigenvalue weighted by molar-refractivity contribution is 5.76. The van der Waals surface area contributed by atoms with Gasteiger partial charge in [0.1, 0.15) is 0 Å². The molecule has 0 bridgehead atoms. The number of aliphatic hydroxyl groups excluding tert-OH is 1. The van der Waals surface area contributed by atoms with Crippen LogP contribution in [0.15, 0.2) is 0 Å². The first-order valence-corrected chi connectivity index (χ1v) is 5.25. The summed E-state index contributed by atoms with van der Waals surface area (Å²) >= 11 is 0. The highest BCUT2D eigenvalue weighted by Crippen LogP contribution is 2.16. The third-order valence-electron chi connectivity index (χ3n) is 2.80. The Bertz CT molecular complexity index is 197. The van der Waals surface area contributed by atoms with Crippen LogP contribution in [0.2, 0.25) is 0 Å². The third-order valence-corrected chi connectivity index (χ3v) is 2.80. The van der Waals surface area contributed by atoms with Crippen molar-refractivity contribution in [2.75, 3.05) is 26.7 Å². The van der Waals surface area contributed by atoms with E-state index in [1.165, 1.54) is 0 Å². The largest absolute Gasteiger partial charge is 0.393 e. The molecule has 0 aromatic carbocycles. The molecule has 1 saturated heterocycles. The van der Waals surface area contributed by atoms with E-state index in [-0.39, 0.29) is 17.9 Å². The summed E-state index contributed by atoms with van der Waals surface area (Å²) in [7, 11) is 1.84. The minimum Gasteiger partial charge on any atom is -0.393 e. The molecule has 82 valence electrons. The van der Waals surface area contributed by atoms with Crippen LogP contribution in [0.4, 0.5) is 0 Å². The van der Waals surface area contributed by atoms with Crippen LogP contribution < -0.4 is 5.32 Å². The van der Waals surface area contributed by atoms with Crippen molar-refractivity contribution in [3.63, 3.8) is 0 Å². The molecule has 2 atom stereocenters. The number of amides is 1. The van der Waals surface area contributed by atoms with Crippen molar-refractivity contribution in [2.24, 2.45) is 5.92 Å². The average Bonchev–Trinajstić information content (AvgIpc) is 2.18. The Morgan fingerprint density at radius 2 is 2.36 bits per heavy atom. The van der Waals surface area contributed by atoms with Crippen LogP contribution in [0.25, 0.3) is 0 Å². The number of rotatable bonds is 3. The lowest BCUT2D eigenvalue weighted by molar-refractivity contribution is -0.134. The number of hydrogen-bond donors (Lipinski definition) is 2. The molecule has 1 heterocycles.